The van der Waals surface area contributed by atoms with Crippen molar-refractivity contribution in [2.75, 3.05) is 6.54 Å². The monoisotopic (exact) mass is 295 g/mol. The number of aryl methyl sites for hydroxylation is 1. The van der Waals surface area contributed by atoms with Gasteiger partial charge in [0, 0.05) is 23.3 Å². The van der Waals surface area contributed by atoms with Crippen LogP contribution in [0.1, 0.15) is 30.4 Å². The molecule has 1 N–H and O–H groups in total. The Labute approximate surface area is 123 Å². The van der Waals surface area contributed by atoms with E-state index in [0.29, 0.717) is 17.1 Å². The molecule has 0 saturated carbocycles. The van der Waals surface area contributed by atoms with Gasteiger partial charge in [-0.1, -0.05) is 24.6 Å². The van der Waals surface area contributed by atoms with Gasteiger partial charge in [0.1, 0.15) is 11.6 Å². The van der Waals surface area contributed by atoms with Crippen LogP contribution in [0.25, 0.3) is 0 Å². The summed E-state index contributed by atoms with van der Waals surface area (Å²) in [4.78, 5) is 4.31. The zero-order valence-corrected chi connectivity index (χ0v) is 12.5. The number of aromatic nitrogens is 2. The minimum Gasteiger partial charge on any atom is -0.326 e. The van der Waals surface area contributed by atoms with E-state index in [9.17, 15) is 4.39 Å². The first kappa shape index (κ1) is 15.0. The van der Waals surface area contributed by atoms with Gasteiger partial charge in [0.2, 0.25) is 0 Å². The normalized spacial score (nSPS) is 11.0. The number of halogens is 2. The van der Waals surface area contributed by atoms with Gasteiger partial charge >= 0.3 is 0 Å². The summed E-state index contributed by atoms with van der Waals surface area (Å²) < 4.78 is 15.9. The van der Waals surface area contributed by atoms with E-state index in [-0.39, 0.29) is 5.82 Å². The van der Waals surface area contributed by atoms with Crippen molar-refractivity contribution in [2.24, 2.45) is 0 Å². The van der Waals surface area contributed by atoms with Gasteiger partial charge in [-0.05, 0) is 32.0 Å². The zero-order chi connectivity index (χ0) is 14.5. The van der Waals surface area contributed by atoms with Crippen molar-refractivity contribution in [3.05, 3.63) is 52.3 Å². The van der Waals surface area contributed by atoms with Gasteiger partial charge in [0.25, 0.3) is 0 Å². The van der Waals surface area contributed by atoms with Crippen LogP contribution in [0.5, 0.6) is 0 Å². The fraction of sp³-hybridized carbons (Fsp3) is 0.400. The molecule has 0 bridgehead atoms. The summed E-state index contributed by atoms with van der Waals surface area (Å²) in [7, 11) is 0. The lowest BCUT2D eigenvalue weighted by Gasteiger charge is -2.13. The summed E-state index contributed by atoms with van der Waals surface area (Å²) in [5, 5.41) is 3.78. The summed E-state index contributed by atoms with van der Waals surface area (Å²) in [6.07, 6.45) is 2.90. The first-order chi connectivity index (χ1) is 9.63. The topological polar surface area (TPSA) is 29.9 Å². The van der Waals surface area contributed by atoms with Gasteiger partial charge in [0.15, 0.2) is 0 Å². The standard InChI is InChI=1S/C15H19ClFN3/c1-3-7-18-8-12-9-19-11(2)20(12)10-13-14(16)5-4-6-15(13)17/h4-6,9,18H,3,7-8,10H2,1-2H3. The lowest BCUT2D eigenvalue weighted by atomic mass is 10.2. The molecule has 0 amide bonds. The smallest absolute Gasteiger partial charge is 0.129 e. The van der Waals surface area contributed by atoms with Crippen LogP contribution in [0.3, 0.4) is 0 Å². The highest BCUT2D eigenvalue weighted by molar-refractivity contribution is 6.31. The van der Waals surface area contributed by atoms with E-state index in [1.807, 2.05) is 17.7 Å². The molecule has 1 aromatic heterocycles. The molecule has 0 radical (unpaired) electrons. The second-order valence-electron chi connectivity index (χ2n) is 4.76. The predicted octanol–water partition coefficient (Wildman–Crippen LogP) is 3.53. The van der Waals surface area contributed by atoms with Crippen LogP contribution in [0.4, 0.5) is 4.39 Å². The van der Waals surface area contributed by atoms with Gasteiger partial charge in [-0.25, -0.2) is 9.37 Å². The Morgan fingerprint density at radius 1 is 1.40 bits per heavy atom. The SMILES string of the molecule is CCCNCc1cnc(C)n1Cc1c(F)cccc1Cl. The molecule has 108 valence electrons. The molecular weight excluding hydrogens is 277 g/mol. The number of benzene rings is 1. The second kappa shape index (κ2) is 6.86. The molecular formula is C15H19ClFN3. The Hall–Kier alpha value is -1.39. The molecule has 0 aliphatic carbocycles. The molecule has 2 rings (SSSR count). The van der Waals surface area contributed by atoms with Gasteiger partial charge in [0.05, 0.1) is 12.2 Å². The molecule has 1 aromatic carbocycles. The number of nitrogens with one attached hydrogen (secondary N) is 1. The third kappa shape index (κ3) is 3.38. The maximum atomic E-state index is 13.9. The second-order valence-corrected chi connectivity index (χ2v) is 5.17. The summed E-state index contributed by atoms with van der Waals surface area (Å²) in [5.41, 5.74) is 1.54. The van der Waals surface area contributed by atoms with E-state index in [0.717, 1.165) is 31.0 Å². The van der Waals surface area contributed by atoms with Crippen molar-refractivity contribution < 1.29 is 4.39 Å². The third-order valence-corrected chi connectivity index (χ3v) is 3.60. The van der Waals surface area contributed by atoms with Crippen molar-refractivity contribution in [3.8, 4) is 0 Å². The average Bonchev–Trinajstić information content (AvgIpc) is 2.76. The van der Waals surface area contributed by atoms with Crippen LogP contribution in [0, 0.1) is 12.7 Å². The highest BCUT2D eigenvalue weighted by Crippen LogP contribution is 2.21. The maximum absolute atomic E-state index is 13.9. The minimum atomic E-state index is -0.280. The fourth-order valence-corrected chi connectivity index (χ4v) is 2.33. The van der Waals surface area contributed by atoms with Crippen LogP contribution >= 0.6 is 11.6 Å². The van der Waals surface area contributed by atoms with Crippen LogP contribution in [-0.4, -0.2) is 16.1 Å². The molecule has 0 aliphatic heterocycles. The molecule has 0 fully saturated rings. The number of hydrogen-bond donors (Lipinski definition) is 1. The van der Waals surface area contributed by atoms with E-state index in [1.54, 1.807) is 12.1 Å². The first-order valence-electron chi connectivity index (χ1n) is 6.78. The van der Waals surface area contributed by atoms with E-state index in [4.69, 9.17) is 11.6 Å². The van der Waals surface area contributed by atoms with Crippen molar-refractivity contribution >= 4 is 11.6 Å². The molecule has 0 atom stereocenters. The zero-order valence-electron chi connectivity index (χ0n) is 11.8. The first-order valence-corrected chi connectivity index (χ1v) is 7.16. The van der Waals surface area contributed by atoms with Gasteiger partial charge in [-0.15, -0.1) is 0 Å². The van der Waals surface area contributed by atoms with E-state index in [2.05, 4.69) is 17.2 Å². The van der Waals surface area contributed by atoms with Crippen molar-refractivity contribution in [1.29, 1.82) is 0 Å². The number of nitrogens with zero attached hydrogens (tertiary/aromatic N) is 2. The van der Waals surface area contributed by atoms with Gasteiger partial charge < -0.3 is 9.88 Å². The Morgan fingerprint density at radius 2 is 2.20 bits per heavy atom. The average molecular weight is 296 g/mol. The summed E-state index contributed by atoms with van der Waals surface area (Å²) in [5.74, 6) is 0.579. The number of imidazole rings is 1. The van der Waals surface area contributed by atoms with E-state index >= 15 is 0 Å². The summed E-state index contributed by atoms with van der Waals surface area (Å²) in [6, 6.07) is 4.76. The number of hydrogen-bond acceptors (Lipinski definition) is 2. The highest BCUT2D eigenvalue weighted by atomic mass is 35.5. The van der Waals surface area contributed by atoms with E-state index < -0.39 is 0 Å². The molecule has 0 aliphatic rings. The van der Waals surface area contributed by atoms with Crippen LogP contribution in [0.15, 0.2) is 24.4 Å². The Balaban J connectivity index is 2.22. The van der Waals surface area contributed by atoms with Crippen LogP contribution < -0.4 is 5.32 Å². The lowest BCUT2D eigenvalue weighted by Crippen LogP contribution is -2.18. The molecule has 2 aromatic rings. The van der Waals surface area contributed by atoms with Crippen LogP contribution in [-0.2, 0) is 13.1 Å². The summed E-state index contributed by atoms with van der Waals surface area (Å²) >= 11 is 6.09. The Bertz CT molecular complexity index is 560. The highest BCUT2D eigenvalue weighted by Gasteiger charge is 2.12. The molecule has 5 heteroatoms. The van der Waals surface area contributed by atoms with Crippen molar-refractivity contribution in [2.45, 2.75) is 33.4 Å². The van der Waals surface area contributed by atoms with Gasteiger partial charge in [-0.2, -0.15) is 0 Å². The fourth-order valence-electron chi connectivity index (χ4n) is 2.11. The Kier molecular flexibility index (Phi) is 5.15. The quantitative estimate of drug-likeness (QED) is 0.826. The summed E-state index contributed by atoms with van der Waals surface area (Å²) in [6.45, 7) is 6.11. The predicted molar refractivity (Wildman–Crippen MR) is 79.5 cm³/mol. The Morgan fingerprint density at radius 3 is 2.90 bits per heavy atom. The van der Waals surface area contributed by atoms with Crippen molar-refractivity contribution in [3.63, 3.8) is 0 Å². The molecule has 1 heterocycles. The third-order valence-electron chi connectivity index (χ3n) is 3.25. The van der Waals surface area contributed by atoms with Gasteiger partial charge in [-0.3, -0.25) is 0 Å². The van der Waals surface area contributed by atoms with Crippen molar-refractivity contribution in [1.82, 2.24) is 14.9 Å². The largest absolute Gasteiger partial charge is 0.326 e. The molecule has 0 spiro atoms. The minimum absolute atomic E-state index is 0.280. The van der Waals surface area contributed by atoms with E-state index in [1.165, 1.54) is 6.07 Å². The van der Waals surface area contributed by atoms with Crippen LogP contribution in [0.2, 0.25) is 5.02 Å². The maximum Gasteiger partial charge on any atom is 0.129 e. The molecule has 3 nitrogen and oxygen atoms in total. The molecule has 0 unspecified atom stereocenters. The lowest BCUT2D eigenvalue weighted by molar-refractivity contribution is 0.582. The number of rotatable bonds is 6. The molecule has 0 saturated heterocycles. The molecule has 20 heavy (non-hydrogen) atoms.